The molecule has 0 aromatic carbocycles. The smallest absolute Gasteiger partial charge is 0.234 e. The Hall–Kier alpha value is -0.620. The number of primary amides is 1. The maximum absolute atomic E-state index is 11.3. The predicted octanol–water partition coefficient (Wildman–Crippen LogP) is -0.631. The number of carbonyl (C=O) groups excluding carboxylic acids is 1. The van der Waals surface area contributed by atoms with E-state index in [4.69, 9.17) is 5.73 Å². The van der Waals surface area contributed by atoms with Crippen molar-refractivity contribution in [2.75, 3.05) is 18.6 Å². The number of likely N-dealkylation sites (N-methyl/N-ethyl adjacent to an activating group) is 1. The highest BCUT2D eigenvalue weighted by atomic mass is 32.2. The molecule has 5 nitrogen and oxygen atoms in total. The zero-order valence-electron chi connectivity index (χ0n) is 9.14. The number of nitrogens with two attached hydrogens (primary N) is 1. The number of hydrogen-bond acceptors (Lipinski definition) is 4. The van der Waals surface area contributed by atoms with Crippen LogP contribution in [0.3, 0.4) is 0 Å². The molecule has 0 bridgehead atoms. The molecule has 1 saturated heterocycles. The summed E-state index contributed by atoms with van der Waals surface area (Å²) in [7, 11) is -1.13. The lowest BCUT2D eigenvalue weighted by Crippen LogP contribution is -2.47. The summed E-state index contributed by atoms with van der Waals surface area (Å²) in [6.07, 6.45) is 1.21. The maximum atomic E-state index is 11.3. The monoisotopic (exact) mass is 234 g/mol. The molecule has 0 aliphatic carbocycles. The van der Waals surface area contributed by atoms with Crippen LogP contribution in [0.1, 0.15) is 19.8 Å². The molecule has 1 amide bonds. The van der Waals surface area contributed by atoms with Gasteiger partial charge in [-0.3, -0.25) is 9.69 Å². The molecular weight excluding hydrogens is 216 g/mol. The average Bonchev–Trinajstić information content (AvgIpc) is 2.46. The molecule has 0 aromatic rings. The zero-order chi connectivity index (χ0) is 11.6. The van der Waals surface area contributed by atoms with Crippen LogP contribution in [-0.2, 0) is 14.6 Å². The van der Waals surface area contributed by atoms with E-state index in [2.05, 4.69) is 0 Å². The fourth-order valence-electron chi connectivity index (χ4n) is 2.04. The molecule has 2 N–H and O–H groups in total. The molecule has 0 saturated carbocycles. The fourth-order valence-corrected chi connectivity index (χ4v) is 3.83. The van der Waals surface area contributed by atoms with Gasteiger partial charge in [-0.25, -0.2) is 8.42 Å². The number of amides is 1. The zero-order valence-corrected chi connectivity index (χ0v) is 9.96. The first kappa shape index (κ1) is 12.4. The molecular formula is C9H18N2O3S. The lowest BCUT2D eigenvalue weighted by atomic mass is 10.1. The third kappa shape index (κ3) is 2.92. The van der Waals surface area contributed by atoms with E-state index in [0.717, 1.165) is 0 Å². The number of hydrogen-bond donors (Lipinski definition) is 1. The minimum atomic E-state index is -2.90. The first-order valence-electron chi connectivity index (χ1n) is 5.09. The van der Waals surface area contributed by atoms with Crippen LogP contribution < -0.4 is 5.73 Å². The Morgan fingerprint density at radius 1 is 1.60 bits per heavy atom. The Morgan fingerprint density at radius 3 is 2.53 bits per heavy atom. The van der Waals surface area contributed by atoms with Gasteiger partial charge in [0.05, 0.1) is 17.5 Å². The van der Waals surface area contributed by atoms with Crippen LogP contribution in [0.25, 0.3) is 0 Å². The van der Waals surface area contributed by atoms with Crippen molar-refractivity contribution in [3.8, 4) is 0 Å². The Bertz CT molecular complexity index is 339. The van der Waals surface area contributed by atoms with E-state index in [1.807, 2.05) is 6.92 Å². The highest BCUT2D eigenvalue weighted by Gasteiger charge is 2.34. The Kier molecular flexibility index (Phi) is 3.72. The Morgan fingerprint density at radius 2 is 2.20 bits per heavy atom. The van der Waals surface area contributed by atoms with Crippen LogP contribution in [0.5, 0.6) is 0 Å². The van der Waals surface area contributed by atoms with Gasteiger partial charge in [0.1, 0.15) is 0 Å². The van der Waals surface area contributed by atoms with Crippen molar-refractivity contribution >= 4 is 15.7 Å². The topological polar surface area (TPSA) is 80.5 Å². The van der Waals surface area contributed by atoms with Crippen molar-refractivity contribution in [2.24, 2.45) is 5.73 Å². The molecule has 0 radical (unpaired) electrons. The molecule has 2 atom stereocenters. The van der Waals surface area contributed by atoms with E-state index < -0.39 is 9.84 Å². The van der Waals surface area contributed by atoms with Crippen LogP contribution >= 0.6 is 0 Å². The number of sulfone groups is 1. The van der Waals surface area contributed by atoms with Crippen LogP contribution in [-0.4, -0.2) is 49.9 Å². The molecule has 15 heavy (non-hydrogen) atoms. The standard InChI is InChI=1S/C9H18N2O3S/c1-3-8(9(10)12)11(2)7-4-5-15(13,14)6-7/h7-8H,3-6H2,1-2H3,(H2,10,12). The summed E-state index contributed by atoms with van der Waals surface area (Å²) in [5, 5.41) is 0. The third-order valence-corrected chi connectivity index (χ3v) is 4.74. The van der Waals surface area contributed by atoms with E-state index in [9.17, 15) is 13.2 Å². The SMILES string of the molecule is CCC(C(N)=O)N(C)C1CCS(=O)(=O)C1. The summed E-state index contributed by atoms with van der Waals surface area (Å²) in [6.45, 7) is 1.87. The van der Waals surface area contributed by atoms with Crippen molar-refractivity contribution in [3.63, 3.8) is 0 Å². The number of carbonyl (C=O) groups is 1. The third-order valence-electron chi connectivity index (χ3n) is 2.99. The van der Waals surface area contributed by atoms with Gasteiger partial charge in [-0.15, -0.1) is 0 Å². The van der Waals surface area contributed by atoms with Crippen LogP contribution in [0, 0.1) is 0 Å². The Balaban J connectivity index is 2.69. The van der Waals surface area contributed by atoms with E-state index >= 15 is 0 Å². The molecule has 88 valence electrons. The van der Waals surface area contributed by atoms with Gasteiger partial charge in [0, 0.05) is 6.04 Å². The molecule has 1 aliphatic rings. The van der Waals surface area contributed by atoms with Crippen molar-refractivity contribution in [3.05, 3.63) is 0 Å². The fraction of sp³-hybridized carbons (Fsp3) is 0.889. The normalized spacial score (nSPS) is 26.7. The summed E-state index contributed by atoms with van der Waals surface area (Å²) in [5.41, 5.74) is 5.25. The molecule has 0 spiro atoms. The summed E-state index contributed by atoms with van der Waals surface area (Å²) in [4.78, 5) is 12.9. The molecule has 1 aliphatic heterocycles. The molecule has 1 heterocycles. The van der Waals surface area contributed by atoms with Gasteiger partial charge in [-0.2, -0.15) is 0 Å². The van der Waals surface area contributed by atoms with E-state index in [0.29, 0.717) is 12.8 Å². The lowest BCUT2D eigenvalue weighted by molar-refractivity contribution is -0.123. The van der Waals surface area contributed by atoms with Gasteiger partial charge in [0.15, 0.2) is 9.84 Å². The molecule has 1 fully saturated rings. The minimum absolute atomic E-state index is 0.0625. The van der Waals surface area contributed by atoms with Gasteiger partial charge >= 0.3 is 0 Å². The van der Waals surface area contributed by atoms with Crippen molar-refractivity contribution in [1.29, 1.82) is 0 Å². The van der Waals surface area contributed by atoms with Gasteiger partial charge in [0.25, 0.3) is 0 Å². The second kappa shape index (κ2) is 4.49. The molecule has 1 rings (SSSR count). The largest absolute Gasteiger partial charge is 0.368 e. The first-order valence-corrected chi connectivity index (χ1v) is 6.91. The van der Waals surface area contributed by atoms with Gasteiger partial charge in [-0.05, 0) is 19.9 Å². The van der Waals surface area contributed by atoms with E-state index in [1.54, 1.807) is 11.9 Å². The van der Waals surface area contributed by atoms with Crippen LogP contribution in [0.4, 0.5) is 0 Å². The molecule has 2 unspecified atom stereocenters. The summed E-state index contributed by atoms with van der Waals surface area (Å²) in [6, 6.07) is -0.421. The van der Waals surface area contributed by atoms with Gasteiger partial charge in [0.2, 0.25) is 5.91 Å². The first-order chi connectivity index (χ1) is 6.87. The second-order valence-corrected chi connectivity index (χ2v) is 6.28. The quantitative estimate of drug-likeness (QED) is 0.702. The molecule has 0 aromatic heterocycles. The highest BCUT2D eigenvalue weighted by Crippen LogP contribution is 2.19. The maximum Gasteiger partial charge on any atom is 0.234 e. The van der Waals surface area contributed by atoms with E-state index in [1.165, 1.54) is 0 Å². The van der Waals surface area contributed by atoms with Gasteiger partial charge in [-0.1, -0.05) is 6.92 Å². The predicted molar refractivity (Wildman–Crippen MR) is 58.1 cm³/mol. The average molecular weight is 234 g/mol. The molecule has 6 heteroatoms. The van der Waals surface area contributed by atoms with Crippen molar-refractivity contribution in [1.82, 2.24) is 4.90 Å². The van der Waals surface area contributed by atoms with Crippen LogP contribution in [0.2, 0.25) is 0 Å². The van der Waals surface area contributed by atoms with Gasteiger partial charge < -0.3 is 5.73 Å². The number of nitrogens with zero attached hydrogens (tertiary/aromatic N) is 1. The van der Waals surface area contributed by atoms with Crippen molar-refractivity contribution in [2.45, 2.75) is 31.8 Å². The lowest BCUT2D eigenvalue weighted by Gasteiger charge is -2.29. The van der Waals surface area contributed by atoms with Crippen molar-refractivity contribution < 1.29 is 13.2 Å². The summed E-state index contributed by atoms with van der Waals surface area (Å²) >= 11 is 0. The van der Waals surface area contributed by atoms with E-state index in [-0.39, 0.29) is 29.5 Å². The summed E-state index contributed by atoms with van der Waals surface area (Å²) in [5.74, 6) is -0.0194. The van der Waals surface area contributed by atoms with Crippen LogP contribution in [0.15, 0.2) is 0 Å². The number of rotatable bonds is 4. The minimum Gasteiger partial charge on any atom is -0.368 e. The highest BCUT2D eigenvalue weighted by molar-refractivity contribution is 7.91. The second-order valence-electron chi connectivity index (χ2n) is 4.05. The summed E-state index contributed by atoms with van der Waals surface area (Å²) < 4.78 is 22.6. The Labute approximate surface area is 90.5 Å².